The molecule has 0 N–H and O–H groups in total. The fourth-order valence-electron chi connectivity index (χ4n) is 3.39. The molecule has 0 saturated carbocycles. The van der Waals surface area contributed by atoms with Crippen LogP contribution in [0.1, 0.15) is 22.4 Å². The summed E-state index contributed by atoms with van der Waals surface area (Å²) in [5.41, 5.74) is 3.40. The first-order chi connectivity index (χ1) is 15.0. The molecule has 0 unspecified atom stereocenters. The van der Waals surface area contributed by atoms with Gasteiger partial charge in [-0.1, -0.05) is 72.8 Å². The molecule has 0 bridgehead atoms. The van der Waals surface area contributed by atoms with Gasteiger partial charge >= 0.3 is 6.18 Å². The third-order valence-electron chi connectivity index (χ3n) is 4.89. The van der Waals surface area contributed by atoms with E-state index in [1.165, 1.54) is 34.6 Å². The average molecular weight is 439 g/mol. The predicted molar refractivity (Wildman–Crippen MR) is 118 cm³/mol. The maximum absolute atomic E-state index is 12.8. The van der Waals surface area contributed by atoms with Crippen molar-refractivity contribution in [2.75, 3.05) is 0 Å². The molecule has 0 spiro atoms. The molecule has 0 amide bonds. The van der Waals surface area contributed by atoms with Gasteiger partial charge in [-0.25, -0.2) is 4.98 Å². The molecular weight excluding hydrogens is 417 g/mol. The van der Waals surface area contributed by atoms with Crippen molar-refractivity contribution in [2.45, 2.75) is 25.8 Å². The van der Waals surface area contributed by atoms with Crippen molar-refractivity contribution in [3.63, 3.8) is 0 Å². The second-order valence-corrected chi connectivity index (χ2v) is 8.19. The van der Waals surface area contributed by atoms with Crippen LogP contribution in [-0.4, -0.2) is 9.88 Å². The van der Waals surface area contributed by atoms with Crippen LogP contribution >= 0.6 is 11.3 Å². The smallest absolute Gasteiger partial charge is 0.289 e. The van der Waals surface area contributed by atoms with Gasteiger partial charge in [0.1, 0.15) is 5.01 Å². The van der Waals surface area contributed by atoms with Crippen molar-refractivity contribution in [1.29, 1.82) is 0 Å². The van der Waals surface area contributed by atoms with E-state index in [1.54, 1.807) is 0 Å². The van der Waals surface area contributed by atoms with Crippen LogP contribution in [0, 0.1) is 0 Å². The fraction of sp³-hybridized carbons (Fsp3) is 0.160. The molecule has 2 nitrogen and oxygen atoms in total. The standard InChI is InChI=1S/C25H21F3N2S/c26-25(27,28)22-13-11-21(12-14-22)24-29-23(18-31-24)17-30(15-19-7-3-1-4-8-19)16-20-9-5-2-6-10-20/h1-14,18H,15-17H2. The number of nitrogens with zero attached hydrogens (tertiary/aromatic N) is 2. The lowest BCUT2D eigenvalue weighted by molar-refractivity contribution is -0.137. The number of alkyl halides is 3. The van der Waals surface area contributed by atoms with Gasteiger partial charge < -0.3 is 0 Å². The normalized spacial score (nSPS) is 11.7. The van der Waals surface area contributed by atoms with Gasteiger partial charge in [-0.2, -0.15) is 13.2 Å². The Kier molecular flexibility index (Phi) is 6.49. The Bertz CT molecular complexity index is 1050. The quantitative estimate of drug-likeness (QED) is 0.308. The van der Waals surface area contributed by atoms with Crippen molar-refractivity contribution in [3.8, 4) is 10.6 Å². The minimum absolute atomic E-state index is 0.648. The molecule has 0 atom stereocenters. The Balaban J connectivity index is 1.51. The lowest BCUT2D eigenvalue weighted by atomic mass is 10.1. The first kappa shape index (κ1) is 21.3. The highest BCUT2D eigenvalue weighted by atomic mass is 32.1. The summed E-state index contributed by atoms with van der Waals surface area (Å²) in [6, 6.07) is 25.7. The summed E-state index contributed by atoms with van der Waals surface area (Å²) in [5.74, 6) is 0. The third-order valence-corrected chi connectivity index (χ3v) is 5.83. The number of halogens is 3. The predicted octanol–water partition coefficient (Wildman–Crippen LogP) is 7.03. The molecule has 4 aromatic rings. The van der Waals surface area contributed by atoms with Crippen molar-refractivity contribution >= 4 is 11.3 Å². The average Bonchev–Trinajstić information content (AvgIpc) is 3.23. The third kappa shape index (κ3) is 5.81. The van der Waals surface area contributed by atoms with Gasteiger partial charge in [-0.05, 0) is 23.3 Å². The molecule has 0 radical (unpaired) electrons. The zero-order valence-electron chi connectivity index (χ0n) is 16.7. The summed E-state index contributed by atoms with van der Waals surface area (Å²) in [4.78, 5) is 7.01. The van der Waals surface area contributed by atoms with Crippen LogP contribution in [0.3, 0.4) is 0 Å². The first-order valence-corrected chi connectivity index (χ1v) is 10.8. The molecule has 4 rings (SSSR count). The van der Waals surface area contributed by atoms with E-state index in [4.69, 9.17) is 4.98 Å². The van der Waals surface area contributed by atoms with E-state index >= 15 is 0 Å². The molecule has 0 aliphatic carbocycles. The molecule has 6 heteroatoms. The van der Waals surface area contributed by atoms with Crippen LogP contribution in [0.15, 0.2) is 90.3 Å². The molecule has 0 aliphatic rings. The highest BCUT2D eigenvalue weighted by Gasteiger charge is 2.30. The van der Waals surface area contributed by atoms with Crippen molar-refractivity contribution in [2.24, 2.45) is 0 Å². The molecule has 0 fully saturated rings. The highest BCUT2D eigenvalue weighted by Crippen LogP contribution is 2.32. The van der Waals surface area contributed by atoms with E-state index < -0.39 is 11.7 Å². The molecule has 0 aliphatic heterocycles. The van der Waals surface area contributed by atoms with E-state index in [0.29, 0.717) is 12.1 Å². The van der Waals surface area contributed by atoms with E-state index in [2.05, 4.69) is 29.2 Å². The fourth-order valence-corrected chi connectivity index (χ4v) is 4.21. The number of hydrogen-bond acceptors (Lipinski definition) is 3. The van der Waals surface area contributed by atoms with E-state index in [-0.39, 0.29) is 0 Å². The second kappa shape index (κ2) is 9.45. The monoisotopic (exact) mass is 438 g/mol. The van der Waals surface area contributed by atoms with E-state index in [1.807, 2.05) is 41.8 Å². The first-order valence-electron chi connectivity index (χ1n) is 9.89. The van der Waals surface area contributed by atoms with E-state index in [9.17, 15) is 13.2 Å². The van der Waals surface area contributed by atoms with Crippen LogP contribution < -0.4 is 0 Å². The number of thiazole rings is 1. The van der Waals surface area contributed by atoms with Crippen LogP contribution in [0.25, 0.3) is 10.6 Å². The van der Waals surface area contributed by atoms with Gasteiger partial charge in [-0.15, -0.1) is 11.3 Å². The van der Waals surface area contributed by atoms with Crippen LogP contribution in [0.2, 0.25) is 0 Å². The molecular formula is C25H21F3N2S. The summed E-state index contributed by atoms with van der Waals surface area (Å²) < 4.78 is 38.4. The van der Waals surface area contributed by atoms with Crippen LogP contribution in [-0.2, 0) is 25.8 Å². The summed E-state index contributed by atoms with van der Waals surface area (Å²) in [6.07, 6.45) is -4.33. The molecule has 3 aromatic carbocycles. The maximum atomic E-state index is 12.8. The molecule has 1 aromatic heterocycles. The Morgan fingerprint density at radius 3 is 1.77 bits per heavy atom. The van der Waals surface area contributed by atoms with Gasteiger partial charge in [0.2, 0.25) is 0 Å². The van der Waals surface area contributed by atoms with Gasteiger partial charge in [-0.3, -0.25) is 4.90 Å². The summed E-state index contributed by atoms with van der Waals surface area (Å²) >= 11 is 1.45. The zero-order valence-corrected chi connectivity index (χ0v) is 17.5. The lowest BCUT2D eigenvalue weighted by Gasteiger charge is -2.21. The minimum atomic E-state index is -4.33. The molecule has 31 heavy (non-hydrogen) atoms. The van der Waals surface area contributed by atoms with Gasteiger partial charge in [0, 0.05) is 30.6 Å². The van der Waals surface area contributed by atoms with Crippen molar-refractivity contribution < 1.29 is 13.2 Å². The topological polar surface area (TPSA) is 16.1 Å². The molecule has 1 heterocycles. The van der Waals surface area contributed by atoms with Gasteiger partial charge in [0.05, 0.1) is 11.3 Å². The summed E-state index contributed by atoms with van der Waals surface area (Å²) in [7, 11) is 0. The molecule has 0 saturated heterocycles. The number of benzene rings is 3. The van der Waals surface area contributed by atoms with Gasteiger partial charge in [0.25, 0.3) is 0 Å². The second-order valence-electron chi connectivity index (χ2n) is 7.34. The zero-order chi connectivity index (χ0) is 21.7. The van der Waals surface area contributed by atoms with Crippen LogP contribution in [0.4, 0.5) is 13.2 Å². The number of aromatic nitrogens is 1. The molecule has 158 valence electrons. The lowest BCUT2D eigenvalue weighted by Crippen LogP contribution is -2.22. The summed E-state index contributed by atoms with van der Waals surface area (Å²) in [6.45, 7) is 2.21. The van der Waals surface area contributed by atoms with Gasteiger partial charge in [0.15, 0.2) is 0 Å². The van der Waals surface area contributed by atoms with Crippen molar-refractivity contribution in [3.05, 3.63) is 113 Å². The maximum Gasteiger partial charge on any atom is 0.416 e. The largest absolute Gasteiger partial charge is 0.416 e. The Morgan fingerprint density at radius 1 is 0.710 bits per heavy atom. The Morgan fingerprint density at radius 2 is 1.26 bits per heavy atom. The minimum Gasteiger partial charge on any atom is -0.289 e. The number of rotatable bonds is 7. The summed E-state index contributed by atoms with van der Waals surface area (Å²) in [5, 5.41) is 2.71. The Labute approximate surface area is 183 Å². The number of hydrogen-bond donors (Lipinski definition) is 0. The SMILES string of the molecule is FC(F)(F)c1ccc(-c2nc(CN(Cc3ccccc3)Cc3ccccc3)cs2)cc1. The highest BCUT2D eigenvalue weighted by molar-refractivity contribution is 7.13. The van der Waals surface area contributed by atoms with E-state index in [0.717, 1.165) is 35.9 Å². The Hall–Kier alpha value is -2.96. The van der Waals surface area contributed by atoms with Crippen molar-refractivity contribution in [1.82, 2.24) is 9.88 Å². The van der Waals surface area contributed by atoms with Crippen LogP contribution in [0.5, 0.6) is 0 Å².